The Kier molecular flexibility index (Phi) is 4.78. The smallest absolute Gasteiger partial charge is 0.252 e. The zero-order valence-corrected chi connectivity index (χ0v) is 14.8. The third kappa shape index (κ3) is 3.16. The van der Waals surface area contributed by atoms with Gasteiger partial charge >= 0.3 is 0 Å². The van der Waals surface area contributed by atoms with Gasteiger partial charge in [0.25, 0.3) is 5.91 Å². The van der Waals surface area contributed by atoms with Gasteiger partial charge in [-0.3, -0.25) is 9.78 Å². The molecule has 0 spiro atoms. The molecule has 0 aliphatic carbocycles. The first-order chi connectivity index (χ1) is 11.1. The van der Waals surface area contributed by atoms with E-state index in [0.717, 1.165) is 37.2 Å². The number of nitrogens with one attached hydrogen (secondary N) is 2. The summed E-state index contributed by atoms with van der Waals surface area (Å²) in [4.78, 5) is 18.3. The highest BCUT2D eigenvalue weighted by Gasteiger charge is 2.18. The molecular formula is C18H23N3OS. The lowest BCUT2D eigenvalue weighted by Crippen LogP contribution is -2.29. The number of pyridine rings is 1. The zero-order chi connectivity index (χ0) is 16.4. The highest BCUT2D eigenvalue weighted by atomic mass is 32.1. The van der Waals surface area contributed by atoms with E-state index in [-0.39, 0.29) is 5.91 Å². The van der Waals surface area contributed by atoms with Crippen LogP contribution in [0.15, 0.2) is 11.6 Å². The second kappa shape index (κ2) is 6.81. The van der Waals surface area contributed by atoms with Gasteiger partial charge in [-0.15, -0.1) is 11.3 Å². The molecule has 5 heteroatoms. The Morgan fingerprint density at radius 1 is 1.39 bits per heavy atom. The number of rotatable bonds is 4. The van der Waals surface area contributed by atoms with Crippen LogP contribution < -0.4 is 10.6 Å². The van der Waals surface area contributed by atoms with E-state index in [1.807, 2.05) is 18.5 Å². The molecule has 0 unspecified atom stereocenters. The minimum absolute atomic E-state index is 0.0251. The van der Waals surface area contributed by atoms with E-state index >= 15 is 0 Å². The maximum Gasteiger partial charge on any atom is 0.252 e. The molecule has 0 saturated carbocycles. The molecule has 3 rings (SSSR count). The van der Waals surface area contributed by atoms with Crippen molar-refractivity contribution in [2.45, 2.75) is 46.7 Å². The maximum atomic E-state index is 12.6. The standard InChI is InChI=1S/C18H23N3OS/c1-4-14-12(3)23-10-17(14)18(22)21-9-16-11(2)20-8-13-7-19-6-5-15(13)16/h8,10,19H,4-7,9H2,1-3H3,(H,21,22). The summed E-state index contributed by atoms with van der Waals surface area (Å²) in [6.45, 7) is 8.61. The molecule has 2 aromatic heterocycles. The molecule has 2 N–H and O–H groups in total. The summed E-state index contributed by atoms with van der Waals surface area (Å²) >= 11 is 1.65. The number of hydrogen-bond donors (Lipinski definition) is 2. The van der Waals surface area contributed by atoms with Gasteiger partial charge < -0.3 is 10.6 Å². The van der Waals surface area contributed by atoms with Crippen LogP contribution in [0.4, 0.5) is 0 Å². The molecule has 122 valence electrons. The van der Waals surface area contributed by atoms with Crippen molar-refractivity contribution in [2.24, 2.45) is 0 Å². The molecule has 0 saturated heterocycles. The van der Waals surface area contributed by atoms with Crippen molar-refractivity contribution in [3.63, 3.8) is 0 Å². The average molecular weight is 329 g/mol. The molecular weight excluding hydrogens is 306 g/mol. The van der Waals surface area contributed by atoms with Gasteiger partial charge in [-0.25, -0.2) is 0 Å². The number of aryl methyl sites for hydroxylation is 2. The van der Waals surface area contributed by atoms with Crippen molar-refractivity contribution in [1.82, 2.24) is 15.6 Å². The molecule has 1 amide bonds. The SMILES string of the molecule is CCc1c(C(=O)NCc2c(C)ncc3c2CCNC3)csc1C. The van der Waals surface area contributed by atoms with Crippen molar-refractivity contribution in [2.75, 3.05) is 6.54 Å². The Bertz CT molecular complexity index is 736. The molecule has 0 bridgehead atoms. The van der Waals surface area contributed by atoms with Gasteiger partial charge in [-0.1, -0.05) is 6.92 Å². The van der Waals surface area contributed by atoms with E-state index in [1.54, 1.807) is 11.3 Å². The lowest BCUT2D eigenvalue weighted by molar-refractivity contribution is 0.0950. The van der Waals surface area contributed by atoms with Gasteiger partial charge in [0.15, 0.2) is 0 Å². The second-order valence-electron chi connectivity index (χ2n) is 5.97. The number of carbonyl (C=O) groups excluding carboxylic acids is 1. The summed E-state index contributed by atoms with van der Waals surface area (Å²) < 4.78 is 0. The Labute approximate surface area is 141 Å². The van der Waals surface area contributed by atoms with Gasteiger partial charge in [0, 0.05) is 35.2 Å². The first-order valence-electron chi connectivity index (χ1n) is 8.14. The van der Waals surface area contributed by atoms with Crippen LogP contribution in [0.5, 0.6) is 0 Å². The molecule has 23 heavy (non-hydrogen) atoms. The number of fused-ring (bicyclic) bond motifs is 1. The monoisotopic (exact) mass is 329 g/mol. The van der Waals surface area contributed by atoms with Crippen LogP contribution in [-0.2, 0) is 25.9 Å². The number of nitrogens with zero attached hydrogens (tertiary/aromatic N) is 1. The topological polar surface area (TPSA) is 54.0 Å². The summed E-state index contributed by atoms with van der Waals surface area (Å²) in [7, 11) is 0. The molecule has 1 aliphatic heterocycles. The predicted octanol–water partition coefficient (Wildman–Crippen LogP) is 2.90. The van der Waals surface area contributed by atoms with Crippen LogP contribution in [0.3, 0.4) is 0 Å². The highest BCUT2D eigenvalue weighted by Crippen LogP contribution is 2.23. The third-order valence-electron chi connectivity index (χ3n) is 4.60. The summed E-state index contributed by atoms with van der Waals surface area (Å²) in [6, 6.07) is 0. The molecule has 3 heterocycles. The summed E-state index contributed by atoms with van der Waals surface area (Å²) in [5.74, 6) is 0.0251. The molecule has 2 aromatic rings. The van der Waals surface area contributed by atoms with E-state index < -0.39 is 0 Å². The van der Waals surface area contributed by atoms with Crippen molar-refractivity contribution in [3.05, 3.63) is 50.0 Å². The summed E-state index contributed by atoms with van der Waals surface area (Å²) in [5, 5.41) is 8.44. The quantitative estimate of drug-likeness (QED) is 0.907. The fraction of sp³-hybridized carbons (Fsp3) is 0.444. The van der Waals surface area contributed by atoms with Crippen LogP contribution >= 0.6 is 11.3 Å². The third-order valence-corrected chi connectivity index (χ3v) is 5.55. The van der Waals surface area contributed by atoms with Crippen LogP contribution in [0.2, 0.25) is 0 Å². The fourth-order valence-electron chi connectivity index (χ4n) is 3.25. The molecule has 0 radical (unpaired) electrons. The Morgan fingerprint density at radius 3 is 3.00 bits per heavy atom. The summed E-state index contributed by atoms with van der Waals surface area (Å²) in [6.07, 6.45) is 3.85. The Morgan fingerprint density at radius 2 is 2.22 bits per heavy atom. The van der Waals surface area contributed by atoms with Gasteiger partial charge in [-0.2, -0.15) is 0 Å². The van der Waals surface area contributed by atoms with Crippen LogP contribution in [0.1, 0.15) is 50.1 Å². The van der Waals surface area contributed by atoms with E-state index in [9.17, 15) is 4.79 Å². The van der Waals surface area contributed by atoms with Crippen molar-refractivity contribution in [3.8, 4) is 0 Å². The number of carbonyl (C=O) groups is 1. The molecule has 1 aliphatic rings. The lowest BCUT2D eigenvalue weighted by Gasteiger charge is -2.21. The lowest BCUT2D eigenvalue weighted by atomic mass is 9.96. The van der Waals surface area contributed by atoms with Gasteiger partial charge in [0.2, 0.25) is 0 Å². The van der Waals surface area contributed by atoms with Crippen LogP contribution in [-0.4, -0.2) is 17.4 Å². The molecule has 0 aromatic carbocycles. The van der Waals surface area contributed by atoms with Crippen molar-refractivity contribution in [1.29, 1.82) is 0 Å². The number of aromatic nitrogens is 1. The molecule has 4 nitrogen and oxygen atoms in total. The number of amides is 1. The van der Waals surface area contributed by atoms with Gasteiger partial charge in [0.05, 0.1) is 5.56 Å². The number of thiophene rings is 1. The second-order valence-corrected chi connectivity index (χ2v) is 7.06. The van der Waals surface area contributed by atoms with Crippen LogP contribution in [0, 0.1) is 13.8 Å². The minimum Gasteiger partial charge on any atom is -0.348 e. The Hall–Kier alpha value is -1.72. The average Bonchev–Trinajstić information content (AvgIpc) is 2.94. The summed E-state index contributed by atoms with van der Waals surface area (Å²) in [5.41, 5.74) is 6.81. The van der Waals surface area contributed by atoms with Gasteiger partial charge in [0.1, 0.15) is 0 Å². The minimum atomic E-state index is 0.0251. The zero-order valence-electron chi connectivity index (χ0n) is 14.0. The maximum absolute atomic E-state index is 12.6. The number of hydrogen-bond acceptors (Lipinski definition) is 4. The molecule has 0 fully saturated rings. The van der Waals surface area contributed by atoms with Crippen LogP contribution in [0.25, 0.3) is 0 Å². The van der Waals surface area contributed by atoms with Crippen molar-refractivity contribution < 1.29 is 4.79 Å². The van der Waals surface area contributed by atoms with E-state index in [2.05, 4.69) is 29.5 Å². The van der Waals surface area contributed by atoms with E-state index in [4.69, 9.17) is 0 Å². The highest BCUT2D eigenvalue weighted by molar-refractivity contribution is 7.10. The first kappa shape index (κ1) is 16.1. The van der Waals surface area contributed by atoms with Gasteiger partial charge in [-0.05, 0) is 55.5 Å². The van der Waals surface area contributed by atoms with E-state index in [1.165, 1.54) is 27.1 Å². The molecule has 0 atom stereocenters. The van der Waals surface area contributed by atoms with Crippen molar-refractivity contribution >= 4 is 17.2 Å². The Balaban J connectivity index is 1.79. The van der Waals surface area contributed by atoms with E-state index in [0.29, 0.717) is 6.54 Å². The fourth-order valence-corrected chi connectivity index (χ4v) is 4.19. The predicted molar refractivity (Wildman–Crippen MR) is 94.0 cm³/mol. The normalized spacial score (nSPS) is 13.7. The largest absolute Gasteiger partial charge is 0.348 e. The first-order valence-corrected chi connectivity index (χ1v) is 9.01.